The fourth-order valence-electron chi connectivity index (χ4n) is 2.25. The topological polar surface area (TPSA) is 56.7 Å². The lowest BCUT2D eigenvalue weighted by Gasteiger charge is -2.10. The van der Waals surface area contributed by atoms with Crippen LogP contribution >= 0.6 is 0 Å². The van der Waals surface area contributed by atoms with E-state index in [-0.39, 0.29) is 0 Å². The Balaban J connectivity index is 2.04. The van der Waals surface area contributed by atoms with E-state index in [1.165, 1.54) is 0 Å². The van der Waals surface area contributed by atoms with Crippen molar-refractivity contribution < 1.29 is 0 Å². The lowest BCUT2D eigenvalue weighted by Crippen LogP contribution is -2.08. The van der Waals surface area contributed by atoms with E-state index >= 15 is 0 Å². The zero-order valence-electron chi connectivity index (χ0n) is 11.1. The van der Waals surface area contributed by atoms with Crippen molar-refractivity contribution in [3.63, 3.8) is 0 Å². The quantitative estimate of drug-likeness (QED) is 0.763. The van der Waals surface area contributed by atoms with Gasteiger partial charge in [0.05, 0.1) is 24.0 Å². The van der Waals surface area contributed by atoms with Crippen molar-refractivity contribution >= 4 is 16.6 Å². The molecule has 0 fully saturated rings. The van der Waals surface area contributed by atoms with Gasteiger partial charge in [0.2, 0.25) is 0 Å². The first-order valence-electron chi connectivity index (χ1n) is 6.28. The predicted octanol–water partition coefficient (Wildman–Crippen LogP) is 2.68. The van der Waals surface area contributed by atoms with E-state index in [9.17, 15) is 0 Å². The molecule has 0 aliphatic carbocycles. The lowest BCUT2D eigenvalue weighted by atomic mass is 10.1. The Bertz CT molecular complexity index is 743. The molecule has 0 bridgehead atoms. The number of para-hydroxylation sites is 1. The molecule has 2 heterocycles. The molecule has 0 atom stereocenters. The SMILES string of the molecule is Cc1cnc(Cn2ncc3ccccc32)c(C)c1N. The van der Waals surface area contributed by atoms with E-state index in [0.29, 0.717) is 6.54 Å². The van der Waals surface area contributed by atoms with Crippen LogP contribution in [-0.2, 0) is 6.54 Å². The summed E-state index contributed by atoms with van der Waals surface area (Å²) in [6, 6.07) is 8.16. The molecule has 0 amide bonds. The van der Waals surface area contributed by atoms with Crippen LogP contribution in [0.2, 0.25) is 0 Å². The summed E-state index contributed by atoms with van der Waals surface area (Å²) in [5.41, 5.74) is 11.0. The molecule has 0 saturated heterocycles. The number of nitrogens with two attached hydrogens (primary N) is 1. The van der Waals surface area contributed by atoms with Gasteiger partial charge in [0.15, 0.2) is 0 Å². The number of aryl methyl sites for hydroxylation is 1. The van der Waals surface area contributed by atoms with Gasteiger partial charge in [-0.3, -0.25) is 9.67 Å². The zero-order chi connectivity index (χ0) is 13.4. The first kappa shape index (κ1) is 11.7. The molecule has 0 spiro atoms. The number of nitrogen functional groups attached to an aromatic ring is 1. The van der Waals surface area contributed by atoms with Gasteiger partial charge >= 0.3 is 0 Å². The van der Waals surface area contributed by atoms with Gasteiger partial charge in [-0.05, 0) is 31.0 Å². The second kappa shape index (κ2) is 4.39. The Morgan fingerprint density at radius 1 is 1.16 bits per heavy atom. The highest BCUT2D eigenvalue weighted by Crippen LogP contribution is 2.20. The highest BCUT2D eigenvalue weighted by Gasteiger charge is 2.09. The minimum atomic E-state index is 0.643. The van der Waals surface area contributed by atoms with Crippen molar-refractivity contribution in [3.05, 3.63) is 53.5 Å². The first-order valence-corrected chi connectivity index (χ1v) is 6.28. The second-order valence-corrected chi connectivity index (χ2v) is 4.79. The molecule has 0 saturated carbocycles. The third-order valence-electron chi connectivity index (χ3n) is 3.53. The van der Waals surface area contributed by atoms with Gasteiger partial charge in [0.25, 0.3) is 0 Å². The third kappa shape index (κ3) is 1.95. The van der Waals surface area contributed by atoms with Crippen LogP contribution in [0.5, 0.6) is 0 Å². The maximum absolute atomic E-state index is 6.05. The Labute approximate surface area is 111 Å². The molecule has 0 aliphatic rings. The van der Waals surface area contributed by atoms with E-state index in [4.69, 9.17) is 5.73 Å². The molecule has 1 aromatic carbocycles. The molecule has 0 unspecified atom stereocenters. The maximum Gasteiger partial charge on any atom is 0.0841 e. The van der Waals surface area contributed by atoms with Crippen LogP contribution in [0, 0.1) is 13.8 Å². The number of anilines is 1. The monoisotopic (exact) mass is 252 g/mol. The Kier molecular flexibility index (Phi) is 2.71. The molecule has 4 nitrogen and oxygen atoms in total. The van der Waals surface area contributed by atoms with Gasteiger partial charge in [0, 0.05) is 17.3 Å². The number of nitrogens with zero attached hydrogens (tertiary/aromatic N) is 3. The van der Waals surface area contributed by atoms with Crippen molar-refractivity contribution in [1.29, 1.82) is 0 Å². The minimum Gasteiger partial charge on any atom is -0.398 e. The molecule has 0 aliphatic heterocycles. The molecule has 3 aromatic rings. The maximum atomic E-state index is 6.05. The molecule has 2 N–H and O–H groups in total. The van der Waals surface area contributed by atoms with Gasteiger partial charge in [-0.2, -0.15) is 5.10 Å². The highest BCUT2D eigenvalue weighted by atomic mass is 15.3. The summed E-state index contributed by atoms with van der Waals surface area (Å²) >= 11 is 0. The Hall–Kier alpha value is -2.36. The number of hydrogen-bond acceptors (Lipinski definition) is 3. The molecule has 0 radical (unpaired) electrons. The summed E-state index contributed by atoms with van der Waals surface area (Å²) in [4.78, 5) is 4.48. The number of hydrogen-bond donors (Lipinski definition) is 1. The summed E-state index contributed by atoms with van der Waals surface area (Å²) in [5, 5.41) is 5.56. The van der Waals surface area contributed by atoms with Crippen LogP contribution in [-0.4, -0.2) is 14.8 Å². The third-order valence-corrected chi connectivity index (χ3v) is 3.53. The van der Waals surface area contributed by atoms with Gasteiger partial charge in [-0.25, -0.2) is 0 Å². The highest BCUT2D eigenvalue weighted by molar-refractivity contribution is 5.78. The molecular formula is C15H16N4. The molecular weight excluding hydrogens is 236 g/mol. The van der Waals surface area contributed by atoms with E-state index in [2.05, 4.69) is 22.2 Å². The second-order valence-electron chi connectivity index (χ2n) is 4.79. The zero-order valence-corrected chi connectivity index (χ0v) is 11.1. The Morgan fingerprint density at radius 2 is 1.95 bits per heavy atom. The van der Waals surface area contributed by atoms with Crippen molar-refractivity contribution in [3.8, 4) is 0 Å². The number of benzene rings is 1. The van der Waals surface area contributed by atoms with E-state index in [1.54, 1.807) is 0 Å². The van der Waals surface area contributed by atoms with Crippen LogP contribution in [0.25, 0.3) is 10.9 Å². The largest absolute Gasteiger partial charge is 0.398 e. The van der Waals surface area contributed by atoms with Crippen molar-refractivity contribution in [2.45, 2.75) is 20.4 Å². The van der Waals surface area contributed by atoms with E-state index in [0.717, 1.165) is 33.4 Å². The molecule has 19 heavy (non-hydrogen) atoms. The summed E-state index contributed by atoms with van der Waals surface area (Å²) < 4.78 is 1.96. The van der Waals surface area contributed by atoms with Crippen molar-refractivity contribution in [1.82, 2.24) is 14.8 Å². The van der Waals surface area contributed by atoms with Gasteiger partial charge in [-0.15, -0.1) is 0 Å². The van der Waals surface area contributed by atoms with Gasteiger partial charge in [-0.1, -0.05) is 18.2 Å². The average Bonchev–Trinajstić information content (AvgIpc) is 2.83. The standard InChI is InChI=1S/C15H16N4/c1-10-7-17-13(11(2)15(10)16)9-19-14-6-4-3-5-12(14)8-18-19/h3-8H,9H2,1-2H3,(H2,16,17). The number of pyridine rings is 1. The number of fused-ring (bicyclic) bond motifs is 1. The van der Waals surface area contributed by atoms with Crippen LogP contribution in [0.4, 0.5) is 5.69 Å². The molecule has 2 aromatic heterocycles. The van der Waals surface area contributed by atoms with Crippen LogP contribution in [0.3, 0.4) is 0 Å². The van der Waals surface area contributed by atoms with E-state index in [1.807, 2.05) is 43.1 Å². The normalized spacial score (nSPS) is 11.1. The average molecular weight is 252 g/mol. The summed E-state index contributed by atoms with van der Waals surface area (Å²) in [5.74, 6) is 0. The van der Waals surface area contributed by atoms with Gasteiger partial charge < -0.3 is 5.73 Å². The van der Waals surface area contributed by atoms with E-state index < -0.39 is 0 Å². The number of aromatic nitrogens is 3. The lowest BCUT2D eigenvalue weighted by molar-refractivity contribution is 0.692. The van der Waals surface area contributed by atoms with Crippen LogP contribution in [0.15, 0.2) is 36.7 Å². The first-order chi connectivity index (χ1) is 9.16. The van der Waals surface area contributed by atoms with Crippen molar-refractivity contribution in [2.75, 3.05) is 5.73 Å². The van der Waals surface area contributed by atoms with Crippen LogP contribution < -0.4 is 5.73 Å². The molecule has 3 rings (SSSR count). The van der Waals surface area contributed by atoms with Crippen LogP contribution in [0.1, 0.15) is 16.8 Å². The minimum absolute atomic E-state index is 0.643. The number of rotatable bonds is 2. The predicted molar refractivity (Wildman–Crippen MR) is 77.0 cm³/mol. The Morgan fingerprint density at radius 3 is 2.79 bits per heavy atom. The molecule has 96 valence electrons. The summed E-state index contributed by atoms with van der Waals surface area (Å²) in [7, 11) is 0. The fourth-order valence-corrected chi connectivity index (χ4v) is 2.25. The smallest absolute Gasteiger partial charge is 0.0841 e. The summed E-state index contributed by atoms with van der Waals surface area (Å²) in [6.07, 6.45) is 3.70. The van der Waals surface area contributed by atoms with Gasteiger partial charge in [0.1, 0.15) is 0 Å². The molecule has 4 heteroatoms. The van der Waals surface area contributed by atoms with Crippen molar-refractivity contribution in [2.24, 2.45) is 0 Å². The summed E-state index contributed by atoms with van der Waals surface area (Å²) in [6.45, 7) is 4.63. The fraction of sp³-hybridized carbons (Fsp3) is 0.200.